The van der Waals surface area contributed by atoms with Crippen LogP contribution in [0.25, 0.3) is 0 Å². The van der Waals surface area contributed by atoms with Crippen LogP contribution in [0.4, 0.5) is 0 Å². The summed E-state index contributed by atoms with van der Waals surface area (Å²) in [7, 11) is 0. The molecule has 2 heterocycles. The monoisotopic (exact) mass is 268 g/mol. The highest BCUT2D eigenvalue weighted by Gasteiger charge is 2.27. The minimum Gasteiger partial charge on any atom is -0.481 e. The number of hydrogen-bond donors (Lipinski definition) is 2. The number of carbonyl (C=O) groups is 2. The predicted molar refractivity (Wildman–Crippen MR) is 71.8 cm³/mol. The number of rotatable bonds is 4. The van der Waals surface area contributed by atoms with Crippen LogP contribution >= 0.6 is 0 Å². The molecular formula is C14H24N2O3. The highest BCUT2D eigenvalue weighted by molar-refractivity contribution is 5.76. The maximum absolute atomic E-state index is 12.2. The van der Waals surface area contributed by atoms with Crippen LogP contribution in [0.3, 0.4) is 0 Å². The van der Waals surface area contributed by atoms with Gasteiger partial charge in [0, 0.05) is 25.9 Å². The van der Waals surface area contributed by atoms with Crippen LogP contribution in [0.1, 0.15) is 38.5 Å². The van der Waals surface area contributed by atoms with Crippen LogP contribution in [-0.2, 0) is 9.59 Å². The molecular weight excluding hydrogens is 244 g/mol. The molecule has 2 aliphatic heterocycles. The molecule has 2 unspecified atom stereocenters. The third-order valence-corrected chi connectivity index (χ3v) is 4.20. The lowest BCUT2D eigenvalue weighted by molar-refractivity contribution is -0.141. The van der Waals surface area contributed by atoms with Gasteiger partial charge in [-0.15, -0.1) is 0 Å². The summed E-state index contributed by atoms with van der Waals surface area (Å²) >= 11 is 0. The first kappa shape index (κ1) is 14.3. The number of hydrogen-bond acceptors (Lipinski definition) is 3. The Hall–Kier alpha value is -1.10. The number of nitrogens with zero attached hydrogens (tertiary/aromatic N) is 1. The summed E-state index contributed by atoms with van der Waals surface area (Å²) in [6, 6.07) is 0. The molecule has 2 fully saturated rings. The minimum atomic E-state index is -0.754. The molecule has 5 heteroatoms. The summed E-state index contributed by atoms with van der Waals surface area (Å²) < 4.78 is 0. The van der Waals surface area contributed by atoms with E-state index in [0.29, 0.717) is 18.9 Å². The molecule has 0 aliphatic carbocycles. The molecule has 2 rings (SSSR count). The number of carboxylic acid groups (broad SMARTS) is 1. The maximum Gasteiger partial charge on any atom is 0.303 e. The number of aliphatic carboxylic acids is 1. The summed E-state index contributed by atoms with van der Waals surface area (Å²) in [6.07, 6.45) is 4.96. The quantitative estimate of drug-likeness (QED) is 0.801. The van der Waals surface area contributed by atoms with Crippen molar-refractivity contribution in [2.45, 2.75) is 38.5 Å². The lowest BCUT2D eigenvalue weighted by Crippen LogP contribution is -2.42. The summed E-state index contributed by atoms with van der Waals surface area (Å²) in [5.41, 5.74) is 0. The van der Waals surface area contributed by atoms with Gasteiger partial charge in [-0.05, 0) is 50.6 Å². The number of carbonyl (C=O) groups excluding carboxylic acids is 1. The number of piperidine rings is 2. The number of nitrogens with one attached hydrogen (secondary N) is 1. The summed E-state index contributed by atoms with van der Waals surface area (Å²) in [5, 5.41) is 12.2. The van der Waals surface area contributed by atoms with Gasteiger partial charge in [0.1, 0.15) is 0 Å². The van der Waals surface area contributed by atoms with Crippen molar-refractivity contribution in [2.75, 3.05) is 26.2 Å². The molecule has 0 aromatic rings. The van der Waals surface area contributed by atoms with Crippen LogP contribution in [0, 0.1) is 11.8 Å². The molecule has 2 aliphatic rings. The van der Waals surface area contributed by atoms with E-state index in [9.17, 15) is 9.59 Å². The Morgan fingerprint density at radius 1 is 1.16 bits per heavy atom. The van der Waals surface area contributed by atoms with Gasteiger partial charge < -0.3 is 15.3 Å². The van der Waals surface area contributed by atoms with E-state index in [4.69, 9.17) is 5.11 Å². The van der Waals surface area contributed by atoms with Crippen molar-refractivity contribution in [3.05, 3.63) is 0 Å². The Morgan fingerprint density at radius 3 is 2.63 bits per heavy atom. The molecule has 2 atom stereocenters. The van der Waals surface area contributed by atoms with Gasteiger partial charge in [0.25, 0.3) is 0 Å². The van der Waals surface area contributed by atoms with Gasteiger partial charge in [-0.25, -0.2) is 0 Å². The van der Waals surface area contributed by atoms with Gasteiger partial charge in [0.05, 0.1) is 0 Å². The van der Waals surface area contributed by atoms with E-state index < -0.39 is 5.97 Å². The fourth-order valence-corrected chi connectivity index (χ4v) is 3.18. The molecule has 2 saturated heterocycles. The van der Waals surface area contributed by atoms with E-state index in [2.05, 4.69) is 5.32 Å². The maximum atomic E-state index is 12.2. The lowest BCUT2D eigenvalue weighted by atomic mass is 9.92. The van der Waals surface area contributed by atoms with Crippen LogP contribution < -0.4 is 5.32 Å². The van der Waals surface area contributed by atoms with Crippen molar-refractivity contribution in [3.63, 3.8) is 0 Å². The zero-order valence-corrected chi connectivity index (χ0v) is 11.4. The Kier molecular flexibility index (Phi) is 5.19. The van der Waals surface area contributed by atoms with Gasteiger partial charge in [0.2, 0.25) is 5.91 Å². The van der Waals surface area contributed by atoms with E-state index in [1.165, 1.54) is 0 Å². The fraction of sp³-hybridized carbons (Fsp3) is 0.857. The Labute approximate surface area is 114 Å². The molecule has 0 aromatic heterocycles. The first-order chi connectivity index (χ1) is 9.15. The summed E-state index contributed by atoms with van der Waals surface area (Å²) in [6.45, 7) is 3.44. The molecule has 1 amide bonds. The van der Waals surface area contributed by atoms with E-state index in [1.54, 1.807) is 0 Å². The SMILES string of the molecule is O=C(O)CC1CCCN(C(=O)CC2CCCNC2)C1. The van der Waals surface area contributed by atoms with Gasteiger partial charge >= 0.3 is 5.97 Å². The molecule has 19 heavy (non-hydrogen) atoms. The van der Waals surface area contributed by atoms with E-state index in [-0.39, 0.29) is 18.2 Å². The minimum absolute atomic E-state index is 0.139. The van der Waals surface area contributed by atoms with Crippen molar-refractivity contribution in [1.82, 2.24) is 10.2 Å². The molecule has 0 aromatic carbocycles. The summed E-state index contributed by atoms with van der Waals surface area (Å²) in [5.74, 6) is 0.0559. The Balaban J connectivity index is 1.79. The van der Waals surface area contributed by atoms with Crippen molar-refractivity contribution in [3.8, 4) is 0 Å². The van der Waals surface area contributed by atoms with Crippen molar-refractivity contribution in [1.29, 1.82) is 0 Å². The zero-order valence-electron chi connectivity index (χ0n) is 11.4. The van der Waals surface area contributed by atoms with Crippen LogP contribution in [0.5, 0.6) is 0 Å². The number of likely N-dealkylation sites (tertiary alicyclic amines) is 1. The molecule has 0 bridgehead atoms. The van der Waals surface area contributed by atoms with E-state index in [1.807, 2.05) is 4.90 Å². The highest BCUT2D eigenvalue weighted by atomic mass is 16.4. The van der Waals surface area contributed by atoms with Gasteiger partial charge in [-0.1, -0.05) is 0 Å². The first-order valence-corrected chi connectivity index (χ1v) is 7.35. The molecule has 0 spiro atoms. The van der Waals surface area contributed by atoms with Gasteiger partial charge in [0.15, 0.2) is 0 Å². The molecule has 2 N–H and O–H groups in total. The number of amides is 1. The summed E-state index contributed by atoms with van der Waals surface area (Å²) in [4.78, 5) is 24.9. The second-order valence-electron chi connectivity index (χ2n) is 5.86. The van der Waals surface area contributed by atoms with Crippen molar-refractivity contribution in [2.24, 2.45) is 11.8 Å². The van der Waals surface area contributed by atoms with E-state index >= 15 is 0 Å². The normalized spacial score (nSPS) is 28.1. The van der Waals surface area contributed by atoms with Crippen LogP contribution in [0.2, 0.25) is 0 Å². The highest BCUT2D eigenvalue weighted by Crippen LogP contribution is 2.22. The molecule has 108 valence electrons. The Morgan fingerprint density at radius 2 is 1.95 bits per heavy atom. The predicted octanol–water partition coefficient (Wildman–Crippen LogP) is 1.09. The smallest absolute Gasteiger partial charge is 0.303 e. The topological polar surface area (TPSA) is 69.6 Å². The fourth-order valence-electron chi connectivity index (χ4n) is 3.18. The Bertz CT molecular complexity index is 327. The lowest BCUT2D eigenvalue weighted by Gasteiger charge is -2.33. The van der Waals surface area contributed by atoms with E-state index in [0.717, 1.165) is 45.3 Å². The average Bonchev–Trinajstić information content (AvgIpc) is 2.39. The first-order valence-electron chi connectivity index (χ1n) is 7.35. The largest absolute Gasteiger partial charge is 0.481 e. The van der Waals surface area contributed by atoms with Crippen LogP contribution in [0.15, 0.2) is 0 Å². The zero-order chi connectivity index (χ0) is 13.7. The molecule has 5 nitrogen and oxygen atoms in total. The average molecular weight is 268 g/mol. The third-order valence-electron chi connectivity index (χ3n) is 4.20. The standard InChI is InChI=1S/C14H24N2O3/c17-13(7-11-3-1-5-15-9-11)16-6-2-4-12(10-16)8-14(18)19/h11-12,15H,1-10H2,(H,18,19). The second-order valence-corrected chi connectivity index (χ2v) is 5.86. The molecule has 0 radical (unpaired) electrons. The van der Waals surface area contributed by atoms with Crippen LogP contribution in [-0.4, -0.2) is 48.1 Å². The van der Waals surface area contributed by atoms with Gasteiger partial charge in [-0.3, -0.25) is 9.59 Å². The second kappa shape index (κ2) is 6.89. The number of carboxylic acids is 1. The molecule has 0 saturated carbocycles. The van der Waals surface area contributed by atoms with Gasteiger partial charge in [-0.2, -0.15) is 0 Å². The van der Waals surface area contributed by atoms with Crippen molar-refractivity contribution < 1.29 is 14.7 Å². The third kappa shape index (κ3) is 4.49. The van der Waals surface area contributed by atoms with Crippen molar-refractivity contribution >= 4 is 11.9 Å².